The molecule has 2 bridgehead atoms. The zero-order valence-corrected chi connectivity index (χ0v) is 13.2. The second kappa shape index (κ2) is 6.56. The van der Waals surface area contributed by atoms with Crippen LogP contribution >= 0.6 is 0 Å². The molecule has 2 heterocycles. The molecule has 2 N–H and O–H groups in total. The molecule has 2 unspecified atom stereocenters. The number of amides is 3. The van der Waals surface area contributed by atoms with Crippen molar-refractivity contribution in [1.82, 2.24) is 10.2 Å². The minimum absolute atomic E-state index is 0.0302. The fourth-order valence-corrected chi connectivity index (χ4v) is 3.86. The Kier molecular flexibility index (Phi) is 4.50. The maximum atomic E-state index is 13.7. The number of anilines is 1. The predicted molar refractivity (Wildman–Crippen MR) is 85.5 cm³/mol. The highest BCUT2D eigenvalue weighted by Crippen LogP contribution is 2.34. The Balaban J connectivity index is 1.71. The van der Waals surface area contributed by atoms with Gasteiger partial charge in [-0.05, 0) is 44.2 Å². The van der Waals surface area contributed by atoms with Gasteiger partial charge in [0.2, 0.25) is 5.91 Å². The van der Waals surface area contributed by atoms with Gasteiger partial charge in [-0.25, -0.2) is 9.18 Å². The topological polar surface area (TPSA) is 61.4 Å². The zero-order chi connectivity index (χ0) is 16.4. The third-order valence-corrected chi connectivity index (χ3v) is 4.73. The van der Waals surface area contributed by atoms with Crippen LogP contribution in [0.5, 0.6) is 0 Å². The van der Waals surface area contributed by atoms with Crippen LogP contribution in [0.3, 0.4) is 0 Å². The molecule has 3 amide bonds. The van der Waals surface area contributed by atoms with Crippen molar-refractivity contribution < 1.29 is 14.0 Å². The molecule has 2 fully saturated rings. The summed E-state index contributed by atoms with van der Waals surface area (Å²) in [6, 6.07) is 6.27. The fourth-order valence-electron chi connectivity index (χ4n) is 3.86. The lowest BCUT2D eigenvalue weighted by Gasteiger charge is -2.48. The Hall–Kier alpha value is -2.11. The number of fused-ring (bicyclic) bond motifs is 2. The van der Waals surface area contributed by atoms with Gasteiger partial charge in [-0.1, -0.05) is 12.1 Å². The van der Waals surface area contributed by atoms with Crippen LogP contribution in [0.1, 0.15) is 39.0 Å². The first-order valence-electron chi connectivity index (χ1n) is 8.15. The van der Waals surface area contributed by atoms with Gasteiger partial charge < -0.3 is 15.5 Å². The van der Waals surface area contributed by atoms with E-state index in [4.69, 9.17) is 0 Å². The van der Waals surface area contributed by atoms with Crippen LogP contribution in [0.2, 0.25) is 0 Å². The molecule has 6 heteroatoms. The summed E-state index contributed by atoms with van der Waals surface area (Å²) in [5.41, 5.74) is 0.208. The summed E-state index contributed by atoms with van der Waals surface area (Å²) in [7, 11) is 0. The van der Waals surface area contributed by atoms with Crippen LogP contribution in [0.4, 0.5) is 14.9 Å². The van der Waals surface area contributed by atoms with E-state index in [1.165, 1.54) is 13.0 Å². The molecule has 0 radical (unpaired) electrons. The number of rotatable bonds is 2. The fraction of sp³-hybridized carbons (Fsp3) is 0.529. The number of nitrogens with one attached hydrogen (secondary N) is 2. The number of urea groups is 1. The van der Waals surface area contributed by atoms with Crippen LogP contribution in [-0.4, -0.2) is 35.0 Å². The third-order valence-electron chi connectivity index (χ3n) is 4.73. The monoisotopic (exact) mass is 319 g/mol. The number of carbonyl (C=O) groups is 2. The molecule has 1 aromatic rings. The average Bonchev–Trinajstić information content (AvgIpc) is 2.48. The first-order chi connectivity index (χ1) is 11.0. The lowest BCUT2D eigenvalue weighted by atomic mass is 9.82. The van der Waals surface area contributed by atoms with Gasteiger partial charge in [0.25, 0.3) is 0 Å². The van der Waals surface area contributed by atoms with E-state index >= 15 is 0 Å². The van der Waals surface area contributed by atoms with E-state index in [0.717, 1.165) is 32.1 Å². The lowest BCUT2D eigenvalue weighted by Crippen LogP contribution is -2.59. The largest absolute Gasteiger partial charge is 0.353 e. The first-order valence-corrected chi connectivity index (χ1v) is 8.15. The van der Waals surface area contributed by atoms with E-state index in [2.05, 4.69) is 10.6 Å². The number of hydrogen-bond donors (Lipinski definition) is 2. The van der Waals surface area contributed by atoms with Crippen molar-refractivity contribution in [3.05, 3.63) is 30.1 Å². The molecule has 1 aromatic carbocycles. The van der Waals surface area contributed by atoms with Gasteiger partial charge in [-0.15, -0.1) is 0 Å². The molecule has 5 nitrogen and oxygen atoms in total. The Morgan fingerprint density at radius 2 is 1.83 bits per heavy atom. The van der Waals surface area contributed by atoms with Gasteiger partial charge in [0.1, 0.15) is 5.82 Å². The molecule has 0 aromatic heterocycles. The van der Waals surface area contributed by atoms with Crippen molar-refractivity contribution in [3.63, 3.8) is 0 Å². The Labute approximate surface area is 135 Å². The van der Waals surface area contributed by atoms with Crippen molar-refractivity contribution in [3.8, 4) is 0 Å². The van der Waals surface area contributed by atoms with E-state index in [9.17, 15) is 14.0 Å². The van der Waals surface area contributed by atoms with Gasteiger partial charge >= 0.3 is 6.03 Å². The highest BCUT2D eigenvalue weighted by Gasteiger charge is 2.41. The van der Waals surface area contributed by atoms with E-state index in [0.29, 0.717) is 0 Å². The summed E-state index contributed by atoms with van der Waals surface area (Å²) in [6.45, 7) is 1.52. The summed E-state index contributed by atoms with van der Waals surface area (Å²) >= 11 is 0. The van der Waals surface area contributed by atoms with Crippen molar-refractivity contribution >= 4 is 17.6 Å². The van der Waals surface area contributed by atoms with E-state index in [1.807, 2.05) is 4.90 Å². The maximum absolute atomic E-state index is 13.7. The lowest BCUT2D eigenvalue weighted by molar-refractivity contribution is -0.120. The smallest absolute Gasteiger partial charge is 0.322 e. The van der Waals surface area contributed by atoms with E-state index in [1.54, 1.807) is 18.2 Å². The molecule has 0 spiro atoms. The molecule has 23 heavy (non-hydrogen) atoms. The molecular weight excluding hydrogens is 297 g/mol. The molecular formula is C17H22FN3O2. The molecule has 124 valence electrons. The normalized spacial score (nSPS) is 26.5. The van der Waals surface area contributed by atoms with Crippen LogP contribution in [0.15, 0.2) is 24.3 Å². The van der Waals surface area contributed by atoms with Crippen molar-refractivity contribution in [2.45, 2.75) is 57.2 Å². The molecule has 0 aliphatic carbocycles. The number of piperidine rings is 2. The van der Waals surface area contributed by atoms with Gasteiger partial charge in [0.15, 0.2) is 0 Å². The second-order valence-corrected chi connectivity index (χ2v) is 6.42. The standard InChI is InChI=1S/C17H22FN3O2/c1-11(22)19-12-9-13-5-4-6-14(10-12)21(13)17(23)20-16-8-3-2-7-15(16)18/h2-3,7-8,12-14H,4-6,9-10H2,1H3,(H,19,22)(H,20,23). The molecule has 2 atom stereocenters. The molecule has 0 saturated carbocycles. The van der Waals surface area contributed by atoms with Gasteiger partial charge in [0.05, 0.1) is 5.69 Å². The molecule has 3 rings (SSSR count). The average molecular weight is 319 g/mol. The highest BCUT2D eigenvalue weighted by molar-refractivity contribution is 5.90. The minimum Gasteiger partial charge on any atom is -0.353 e. The first kappa shape index (κ1) is 15.8. The molecule has 2 saturated heterocycles. The van der Waals surface area contributed by atoms with Crippen LogP contribution in [0.25, 0.3) is 0 Å². The summed E-state index contributed by atoms with van der Waals surface area (Å²) in [4.78, 5) is 25.8. The summed E-state index contributed by atoms with van der Waals surface area (Å²) < 4.78 is 13.7. The quantitative estimate of drug-likeness (QED) is 0.880. The Bertz CT molecular complexity index is 593. The van der Waals surface area contributed by atoms with Crippen LogP contribution in [0, 0.1) is 5.82 Å². The zero-order valence-electron chi connectivity index (χ0n) is 13.2. The van der Waals surface area contributed by atoms with Gasteiger partial charge in [-0.2, -0.15) is 0 Å². The predicted octanol–water partition coefficient (Wildman–Crippen LogP) is 2.88. The number of benzene rings is 1. The third kappa shape index (κ3) is 3.46. The Morgan fingerprint density at radius 3 is 2.43 bits per heavy atom. The number of para-hydroxylation sites is 1. The number of halogens is 1. The molecule has 2 aliphatic rings. The van der Waals surface area contributed by atoms with Crippen LogP contribution in [-0.2, 0) is 4.79 Å². The van der Waals surface area contributed by atoms with E-state index in [-0.39, 0.29) is 35.8 Å². The van der Waals surface area contributed by atoms with Crippen molar-refractivity contribution in [2.75, 3.05) is 5.32 Å². The Morgan fingerprint density at radius 1 is 1.17 bits per heavy atom. The number of nitrogens with zero attached hydrogens (tertiary/aromatic N) is 1. The van der Waals surface area contributed by atoms with Crippen molar-refractivity contribution in [1.29, 1.82) is 0 Å². The van der Waals surface area contributed by atoms with Crippen LogP contribution < -0.4 is 10.6 Å². The second-order valence-electron chi connectivity index (χ2n) is 6.42. The number of hydrogen-bond acceptors (Lipinski definition) is 2. The summed E-state index contributed by atoms with van der Waals surface area (Å²) in [6.07, 6.45) is 4.47. The van der Waals surface area contributed by atoms with Gasteiger partial charge in [-0.3, -0.25) is 4.79 Å². The highest BCUT2D eigenvalue weighted by atomic mass is 19.1. The molecule has 2 aliphatic heterocycles. The van der Waals surface area contributed by atoms with E-state index < -0.39 is 5.82 Å². The minimum atomic E-state index is -0.431. The SMILES string of the molecule is CC(=O)NC1CC2CCCC(C1)N2C(=O)Nc1ccccc1F. The summed E-state index contributed by atoms with van der Waals surface area (Å²) in [5, 5.41) is 5.66. The van der Waals surface area contributed by atoms with Gasteiger partial charge in [0, 0.05) is 25.0 Å². The number of carbonyl (C=O) groups excluding carboxylic acids is 2. The summed E-state index contributed by atoms with van der Waals surface area (Å²) in [5.74, 6) is -0.462. The maximum Gasteiger partial charge on any atom is 0.322 e. The van der Waals surface area contributed by atoms with Crippen molar-refractivity contribution in [2.24, 2.45) is 0 Å².